The van der Waals surface area contributed by atoms with Crippen molar-refractivity contribution in [3.05, 3.63) is 0 Å². The van der Waals surface area contributed by atoms with Gasteiger partial charge < -0.3 is 10.6 Å². The predicted octanol–water partition coefficient (Wildman–Crippen LogP) is -0.112. The zero-order chi connectivity index (χ0) is 10.6. The van der Waals surface area contributed by atoms with Crippen LogP contribution in [0.15, 0.2) is 0 Å². The number of nitrogens with two attached hydrogens (primary N) is 1. The largest absolute Gasteiger partial charge is 0.345 e. The molecule has 4 heteroatoms. The van der Waals surface area contributed by atoms with Crippen molar-refractivity contribution in [3.63, 3.8) is 0 Å². The van der Waals surface area contributed by atoms with E-state index >= 15 is 0 Å². The quantitative estimate of drug-likeness (QED) is 0.690. The van der Waals surface area contributed by atoms with Crippen molar-refractivity contribution in [1.82, 2.24) is 9.80 Å². The van der Waals surface area contributed by atoms with Gasteiger partial charge in [-0.05, 0) is 19.8 Å². The van der Waals surface area contributed by atoms with E-state index in [4.69, 9.17) is 5.73 Å². The van der Waals surface area contributed by atoms with Crippen LogP contribution in [-0.4, -0.2) is 55.0 Å². The standard InChI is InChI=1S/C10H21N3O/c1-3-12(2)10(14)8-13-6-4-9(11)5-7-13/h9H,3-8,11H2,1-2H3. The summed E-state index contributed by atoms with van der Waals surface area (Å²) < 4.78 is 0. The summed E-state index contributed by atoms with van der Waals surface area (Å²) in [5.41, 5.74) is 5.79. The number of carbonyl (C=O) groups excluding carboxylic acids is 1. The summed E-state index contributed by atoms with van der Waals surface area (Å²) in [6, 6.07) is 0.338. The summed E-state index contributed by atoms with van der Waals surface area (Å²) in [5, 5.41) is 0. The number of amides is 1. The van der Waals surface area contributed by atoms with Crippen molar-refractivity contribution in [2.24, 2.45) is 5.73 Å². The van der Waals surface area contributed by atoms with E-state index in [1.54, 1.807) is 4.90 Å². The maximum absolute atomic E-state index is 11.6. The van der Waals surface area contributed by atoms with Crippen molar-refractivity contribution in [3.8, 4) is 0 Å². The summed E-state index contributed by atoms with van der Waals surface area (Å²) in [5.74, 6) is 0.211. The highest BCUT2D eigenvalue weighted by Crippen LogP contribution is 2.07. The van der Waals surface area contributed by atoms with Crippen LogP contribution < -0.4 is 5.73 Å². The SMILES string of the molecule is CCN(C)C(=O)CN1CCC(N)CC1. The molecule has 1 amide bonds. The molecule has 0 bridgehead atoms. The lowest BCUT2D eigenvalue weighted by Gasteiger charge is -2.30. The highest BCUT2D eigenvalue weighted by atomic mass is 16.2. The first-order chi connectivity index (χ1) is 6.63. The third kappa shape index (κ3) is 3.27. The van der Waals surface area contributed by atoms with Gasteiger partial charge in [0, 0.05) is 32.7 Å². The molecule has 0 radical (unpaired) electrons. The van der Waals surface area contributed by atoms with Crippen molar-refractivity contribution >= 4 is 5.91 Å². The van der Waals surface area contributed by atoms with Crippen molar-refractivity contribution in [1.29, 1.82) is 0 Å². The molecule has 0 aromatic rings. The number of hydrogen-bond donors (Lipinski definition) is 1. The molecule has 0 saturated carbocycles. The lowest BCUT2D eigenvalue weighted by molar-refractivity contribution is -0.131. The molecule has 0 spiro atoms. The molecule has 2 N–H and O–H groups in total. The van der Waals surface area contributed by atoms with Crippen molar-refractivity contribution in [2.75, 3.05) is 33.2 Å². The topological polar surface area (TPSA) is 49.6 Å². The van der Waals surface area contributed by atoms with E-state index < -0.39 is 0 Å². The van der Waals surface area contributed by atoms with Crippen LogP contribution in [0.1, 0.15) is 19.8 Å². The molecular formula is C10H21N3O. The Bertz CT molecular complexity index is 188. The molecule has 1 heterocycles. The van der Waals surface area contributed by atoms with E-state index in [2.05, 4.69) is 4.90 Å². The number of carbonyl (C=O) groups is 1. The minimum absolute atomic E-state index is 0.211. The van der Waals surface area contributed by atoms with E-state index in [1.165, 1.54) is 0 Å². The van der Waals surface area contributed by atoms with Crippen LogP contribution >= 0.6 is 0 Å². The highest BCUT2D eigenvalue weighted by Gasteiger charge is 2.19. The third-order valence-corrected chi connectivity index (χ3v) is 2.89. The first-order valence-electron chi connectivity index (χ1n) is 5.35. The zero-order valence-electron chi connectivity index (χ0n) is 9.20. The second-order valence-electron chi connectivity index (χ2n) is 4.02. The minimum atomic E-state index is 0.211. The molecule has 1 saturated heterocycles. The lowest BCUT2D eigenvalue weighted by atomic mass is 10.1. The van der Waals surface area contributed by atoms with Gasteiger partial charge in [0.1, 0.15) is 0 Å². The summed E-state index contributed by atoms with van der Waals surface area (Å²) in [6.07, 6.45) is 2.03. The van der Waals surface area contributed by atoms with Gasteiger partial charge in [0.25, 0.3) is 0 Å². The van der Waals surface area contributed by atoms with Gasteiger partial charge in [-0.25, -0.2) is 0 Å². The van der Waals surface area contributed by atoms with Crippen LogP contribution in [0.4, 0.5) is 0 Å². The van der Waals surface area contributed by atoms with E-state index in [0.29, 0.717) is 12.6 Å². The number of hydrogen-bond acceptors (Lipinski definition) is 3. The number of likely N-dealkylation sites (N-methyl/N-ethyl adjacent to an activating group) is 1. The zero-order valence-corrected chi connectivity index (χ0v) is 9.20. The first kappa shape index (κ1) is 11.5. The minimum Gasteiger partial charge on any atom is -0.345 e. The van der Waals surface area contributed by atoms with Gasteiger partial charge in [-0.3, -0.25) is 9.69 Å². The van der Waals surface area contributed by atoms with Crippen LogP contribution in [-0.2, 0) is 4.79 Å². The maximum atomic E-state index is 11.6. The fraction of sp³-hybridized carbons (Fsp3) is 0.900. The number of rotatable bonds is 3. The molecule has 0 aliphatic carbocycles. The molecule has 0 atom stereocenters. The Labute approximate surface area is 86.0 Å². The Morgan fingerprint density at radius 1 is 1.50 bits per heavy atom. The van der Waals surface area contributed by atoms with Crippen LogP contribution in [0.25, 0.3) is 0 Å². The van der Waals surface area contributed by atoms with Gasteiger partial charge in [-0.15, -0.1) is 0 Å². The van der Waals surface area contributed by atoms with Gasteiger partial charge in [0.2, 0.25) is 5.91 Å². The van der Waals surface area contributed by atoms with Gasteiger partial charge in [-0.1, -0.05) is 0 Å². The van der Waals surface area contributed by atoms with Crippen molar-refractivity contribution in [2.45, 2.75) is 25.8 Å². The Morgan fingerprint density at radius 3 is 2.57 bits per heavy atom. The second-order valence-corrected chi connectivity index (χ2v) is 4.02. The third-order valence-electron chi connectivity index (χ3n) is 2.89. The van der Waals surface area contributed by atoms with Gasteiger partial charge >= 0.3 is 0 Å². The fourth-order valence-corrected chi connectivity index (χ4v) is 1.60. The second kappa shape index (κ2) is 5.32. The lowest BCUT2D eigenvalue weighted by Crippen LogP contribution is -2.44. The molecule has 4 nitrogen and oxygen atoms in total. The Kier molecular flexibility index (Phi) is 4.35. The van der Waals surface area contributed by atoms with Crippen LogP contribution in [0.3, 0.4) is 0 Å². The van der Waals surface area contributed by atoms with E-state index in [1.807, 2.05) is 14.0 Å². The summed E-state index contributed by atoms with van der Waals surface area (Å²) in [4.78, 5) is 15.5. The Morgan fingerprint density at radius 2 is 2.07 bits per heavy atom. The molecule has 14 heavy (non-hydrogen) atoms. The number of likely N-dealkylation sites (tertiary alicyclic amines) is 1. The van der Waals surface area contributed by atoms with Gasteiger partial charge in [-0.2, -0.15) is 0 Å². The average Bonchev–Trinajstić information content (AvgIpc) is 2.20. The Hall–Kier alpha value is -0.610. The van der Waals surface area contributed by atoms with Crippen molar-refractivity contribution < 1.29 is 4.79 Å². The van der Waals surface area contributed by atoms with Gasteiger partial charge in [0.15, 0.2) is 0 Å². The highest BCUT2D eigenvalue weighted by molar-refractivity contribution is 5.77. The number of piperidine rings is 1. The Balaban J connectivity index is 2.27. The normalized spacial score (nSPS) is 19.6. The van der Waals surface area contributed by atoms with E-state index in [9.17, 15) is 4.79 Å². The molecule has 1 rings (SSSR count). The summed E-state index contributed by atoms with van der Waals surface area (Å²) >= 11 is 0. The van der Waals surface area contributed by atoms with Gasteiger partial charge in [0.05, 0.1) is 6.54 Å². The number of nitrogens with zero attached hydrogens (tertiary/aromatic N) is 2. The molecule has 1 fully saturated rings. The smallest absolute Gasteiger partial charge is 0.236 e. The summed E-state index contributed by atoms with van der Waals surface area (Å²) in [6.45, 7) is 5.25. The monoisotopic (exact) mass is 199 g/mol. The predicted molar refractivity (Wildman–Crippen MR) is 57.0 cm³/mol. The van der Waals surface area contributed by atoms with Crippen LogP contribution in [0.5, 0.6) is 0 Å². The first-order valence-corrected chi connectivity index (χ1v) is 5.35. The maximum Gasteiger partial charge on any atom is 0.236 e. The molecule has 0 unspecified atom stereocenters. The molecular weight excluding hydrogens is 178 g/mol. The summed E-state index contributed by atoms with van der Waals surface area (Å²) in [7, 11) is 1.85. The van der Waals surface area contributed by atoms with E-state index in [0.717, 1.165) is 32.5 Å². The molecule has 0 aromatic carbocycles. The van der Waals surface area contributed by atoms with E-state index in [-0.39, 0.29) is 5.91 Å². The molecule has 82 valence electrons. The molecule has 1 aliphatic heterocycles. The van der Waals surface area contributed by atoms with Crippen LogP contribution in [0, 0.1) is 0 Å². The van der Waals surface area contributed by atoms with Crippen LogP contribution in [0.2, 0.25) is 0 Å². The molecule has 1 aliphatic rings. The fourth-order valence-electron chi connectivity index (χ4n) is 1.60. The average molecular weight is 199 g/mol. The molecule has 0 aromatic heterocycles.